The van der Waals surface area contributed by atoms with E-state index >= 15 is 0 Å². The molecule has 1 heterocycles. The molecule has 1 aromatic heterocycles. The van der Waals surface area contributed by atoms with Crippen LogP contribution in [0.1, 0.15) is 98.8 Å². The van der Waals surface area contributed by atoms with E-state index in [2.05, 4.69) is 173 Å². The molecule has 0 fully saturated rings. The predicted molar refractivity (Wildman–Crippen MR) is 205 cm³/mol. The van der Waals surface area contributed by atoms with Crippen molar-refractivity contribution in [2.45, 2.75) is 99.8 Å². The first kappa shape index (κ1) is 34.4. The number of aromatic nitrogens is 1. The number of hydrogen-bond donors (Lipinski definition) is 0. The van der Waals surface area contributed by atoms with Gasteiger partial charge in [-0.05, 0) is 104 Å². The summed E-state index contributed by atoms with van der Waals surface area (Å²) < 4.78 is 0. The van der Waals surface area contributed by atoms with Crippen LogP contribution in [0.15, 0.2) is 109 Å². The van der Waals surface area contributed by atoms with Gasteiger partial charge in [-0.3, -0.25) is 4.98 Å². The van der Waals surface area contributed by atoms with Crippen LogP contribution in [-0.2, 0) is 10.8 Å². The minimum Gasteiger partial charge on any atom is -0.256 e. The molecule has 1 heteroatoms. The lowest BCUT2D eigenvalue weighted by molar-refractivity contribution is 0.283. The number of rotatable bonds is 8. The molecule has 5 aromatic rings. The van der Waals surface area contributed by atoms with E-state index < -0.39 is 0 Å². The number of benzene rings is 4. The Bertz CT molecular complexity index is 1700. The Morgan fingerprint density at radius 2 is 0.872 bits per heavy atom. The zero-order valence-electron chi connectivity index (χ0n) is 30.8. The normalized spacial score (nSPS) is 12.7. The smallest absolute Gasteiger partial charge is 0.0702 e. The van der Waals surface area contributed by atoms with Gasteiger partial charge >= 0.3 is 0 Å². The summed E-state index contributed by atoms with van der Waals surface area (Å²) in [5.41, 5.74) is 14.3. The van der Waals surface area contributed by atoms with Crippen LogP contribution in [0, 0.1) is 17.8 Å². The Hall–Kier alpha value is -3.97. The first-order chi connectivity index (χ1) is 21.9. The van der Waals surface area contributed by atoms with Crippen molar-refractivity contribution in [2.75, 3.05) is 0 Å². The van der Waals surface area contributed by atoms with Crippen LogP contribution < -0.4 is 0 Å². The molecule has 0 aliphatic carbocycles. The second-order valence-corrected chi connectivity index (χ2v) is 17.4. The molecule has 5 rings (SSSR count). The van der Waals surface area contributed by atoms with Crippen LogP contribution in [0.25, 0.3) is 44.6 Å². The average molecular weight is 622 g/mol. The van der Waals surface area contributed by atoms with Crippen LogP contribution in [0.4, 0.5) is 0 Å². The van der Waals surface area contributed by atoms with E-state index in [1.807, 2.05) is 12.3 Å². The number of hydrogen-bond acceptors (Lipinski definition) is 1. The summed E-state index contributed by atoms with van der Waals surface area (Å²) in [6, 6.07) is 38.1. The summed E-state index contributed by atoms with van der Waals surface area (Å²) in [5.74, 6) is 0. The molecule has 47 heavy (non-hydrogen) atoms. The minimum absolute atomic E-state index is 0.105. The molecular weight excluding hydrogens is 567 g/mol. The highest BCUT2D eigenvalue weighted by atomic mass is 14.7. The van der Waals surface area contributed by atoms with Gasteiger partial charge in [0.05, 0.1) is 5.69 Å². The Morgan fingerprint density at radius 1 is 0.447 bits per heavy atom. The quantitative estimate of drug-likeness (QED) is 0.168. The molecule has 0 aliphatic heterocycles. The standard InChI is InChI=1S/C46H55N/c1-32-40(33-17-22-38(23-18-33)45(8,9)30-43(2,3)4)27-37(36-21-26-42(47-29-36)35-15-13-12-14-16-35)28-41(32)34-19-24-39(25-20-34)46(10,11)31-44(5,6)7/h12-29H,30-31H2,1-11H3. The van der Waals surface area contributed by atoms with Gasteiger partial charge in [-0.25, -0.2) is 0 Å². The van der Waals surface area contributed by atoms with E-state index in [0.29, 0.717) is 0 Å². The highest BCUT2D eigenvalue weighted by Gasteiger charge is 2.28. The topological polar surface area (TPSA) is 12.9 Å². The molecule has 1 nitrogen and oxygen atoms in total. The maximum atomic E-state index is 4.89. The molecule has 0 unspecified atom stereocenters. The predicted octanol–water partition coefficient (Wildman–Crippen LogP) is 13.5. The van der Waals surface area contributed by atoms with Crippen molar-refractivity contribution in [1.29, 1.82) is 0 Å². The molecule has 0 spiro atoms. The molecule has 0 amide bonds. The van der Waals surface area contributed by atoms with Crippen molar-refractivity contribution >= 4 is 0 Å². The molecule has 0 saturated carbocycles. The maximum Gasteiger partial charge on any atom is 0.0702 e. The summed E-state index contributed by atoms with van der Waals surface area (Å²) in [6.45, 7) is 25.8. The number of pyridine rings is 1. The summed E-state index contributed by atoms with van der Waals surface area (Å²) in [5, 5.41) is 0. The maximum absolute atomic E-state index is 4.89. The first-order valence-corrected chi connectivity index (χ1v) is 17.3. The van der Waals surface area contributed by atoms with Gasteiger partial charge in [0.25, 0.3) is 0 Å². The van der Waals surface area contributed by atoms with Crippen LogP contribution in [0.5, 0.6) is 0 Å². The van der Waals surface area contributed by atoms with Crippen molar-refractivity contribution in [1.82, 2.24) is 4.98 Å². The van der Waals surface area contributed by atoms with Crippen molar-refractivity contribution in [3.8, 4) is 44.6 Å². The average Bonchev–Trinajstić information content (AvgIpc) is 3.00. The molecule has 0 radical (unpaired) electrons. The lowest BCUT2D eigenvalue weighted by Gasteiger charge is -2.33. The molecule has 244 valence electrons. The van der Waals surface area contributed by atoms with Crippen molar-refractivity contribution in [3.63, 3.8) is 0 Å². The Balaban J connectivity index is 1.59. The van der Waals surface area contributed by atoms with E-state index in [4.69, 9.17) is 4.98 Å². The second kappa shape index (κ2) is 12.9. The van der Waals surface area contributed by atoms with Crippen LogP contribution in [0.2, 0.25) is 0 Å². The Morgan fingerprint density at radius 3 is 1.26 bits per heavy atom. The van der Waals surface area contributed by atoms with Gasteiger partial charge in [0.2, 0.25) is 0 Å². The first-order valence-electron chi connectivity index (χ1n) is 17.3. The van der Waals surface area contributed by atoms with Gasteiger partial charge in [-0.1, -0.05) is 154 Å². The van der Waals surface area contributed by atoms with Gasteiger partial charge in [0, 0.05) is 17.3 Å². The van der Waals surface area contributed by atoms with E-state index in [0.717, 1.165) is 29.7 Å². The summed E-state index contributed by atoms with van der Waals surface area (Å²) in [4.78, 5) is 4.89. The monoisotopic (exact) mass is 621 g/mol. The molecule has 0 bridgehead atoms. The van der Waals surface area contributed by atoms with Gasteiger partial charge in [-0.2, -0.15) is 0 Å². The van der Waals surface area contributed by atoms with Crippen molar-refractivity contribution in [3.05, 3.63) is 126 Å². The lowest BCUT2D eigenvalue weighted by Crippen LogP contribution is -2.24. The van der Waals surface area contributed by atoms with Gasteiger partial charge < -0.3 is 0 Å². The Labute approximate surface area is 285 Å². The van der Waals surface area contributed by atoms with Crippen LogP contribution >= 0.6 is 0 Å². The third kappa shape index (κ3) is 8.31. The van der Waals surface area contributed by atoms with E-state index in [-0.39, 0.29) is 21.7 Å². The number of nitrogens with zero attached hydrogens (tertiary/aromatic N) is 1. The second-order valence-electron chi connectivity index (χ2n) is 17.4. The molecule has 0 aliphatic rings. The van der Waals surface area contributed by atoms with Gasteiger partial charge in [0.1, 0.15) is 0 Å². The highest BCUT2D eigenvalue weighted by Crippen LogP contribution is 2.41. The van der Waals surface area contributed by atoms with Crippen molar-refractivity contribution in [2.24, 2.45) is 10.8 Å². The molecule has 0 N–H and O–H groups in total. The fourth-order valence-electron chi connectivity index (χ4n) is 7.88. The summed E-state index contributed by atoms with van der Waals surface area (Å²) >= 11 is 0. The molecule has 0 atom stereocenters. The summed E-state index contributed by atoms with van der Waals surface area (Å²) in [6.07, 6.45) is 4.29. The lowest BCUT2D eigenvalue weighted by atomic mass is 9.72. The zero-order chi connectivity index (χ0) is 34.2. The third-order valence-electron chi connectivity index (χ3n) is 9.47. The van der Waals surface area contributed by atoms with Crippen LogP contribution in [0.3, 0.4) is 0 Å². The van der Waals surface area contributed by atoms with Gasteiger partial charge in [0.15, 0.2) is 0 Å². The third-order valence-corrected chi connectivity index (χ3v) is 9.47. The fraction of sp³-hybridized carbons (Fsp3) is 0.370. The van der Waals surface area contributed by atoms with Crippen LogP contribution in [-0.4, -0.2) is 4.98 Å². The SMILES string of the molecule is Cc1c(-c2ccc(C(C)(C)CC(C)(C)C)cc2)cc(-c2ccc(-c3ccccc3)nc2)cc1-c1ccc(C(C)(C)CC(C)(C)C)cc1. The Kier molecular flexibility index (Phi) is 9.44. The van der Waals surface area contributed by atoms with E-state index in [1.165, 1.54) is 44.5 Å². The fourth-order valence-corrected chi connectivity index (χ4v) is 7.88. The largest absolute Gasteiger partial charge is 0.256 e. The van der Waals surface area contributed by atoms with Gasteiger partial charge in [-0.15, -0.1) is 0 Å². The summed E-state index contributed by atoms with van der Waals surface area (Å²) in [7, 11) is 0. The minimum atomic E-state index is 0.105. The van der Waals surface area contributed by atoms with Crippen molar-refractivity contribution < 1.29 is 0 Å². The highest BCUT2D eigenvalue weighted by molar-refractivity contribution is 5.85. The zero-order valence-corrected chi connectivity index (χ0v) is 30.8. The molecule has 0 saturated heterocycles. The van der Waals surface area contributed by atoms with E-state index in [1.54, 1.807) is 0 Å². The van der Waals surface area contributed by atoms with E-state index in [9.17, 15) is 0 Å². The molecule has 4 aromatic carbocycles. The molecular formula is C46H55N.